The molecule has 3 fully saturated rings. The van der Waals surface area contributed by atoms with Crippen molar-refractivity contribution in [3.05, 3.63) is 66.1 Å². The normalized spacial score (nSPS) is 22.7. The van der Waals surface area contributed by atoms with Crippen LogP contribution in [0, 0.1) is 0 Å². The van der Waals surface area contributed by atoms with Gasteiger partial charge in [0.15, 0.2) is 5.65 Å². The molecular formula is C33H33N9O2. The molecule has 44 heavy (non-hydrogen) atoms. The number of anilines is 1. The SMILES string of the molecule is CC(=O)NC1=NN=C(C(=O)N2[C@@H]3CC[C@H]2CC(c2nc4c(-c5ccc(-c6ccccc6)nc5)cnn4c(N)c2C2CC2)C3)C1. The Kier molecular flexibility index (Phi) is 6.28. The van der Waals surface area contributed by atoms with Crippen molar-refractivity contribution in [2.24, 2.45) is 10.2 Å². The molecule has 11 nitrogen and oxygen atoms in total. The number of carbonyl (C=O) groups is 2. The molecule has 4 aromatic rings. The molecule has 3 atom stereocenters. The number of nitrogens with zero attached hydrogens (tertiary/aromatic N) is 7. The van der Waals surface area contributed by atoms with Crippen molar-refractivity contribution in [1.29, 1.82) is 0 Å². The lowest BCUT2D eigenvalue weighted by molar-refractivity contribution is -0.128. The number of pyridine rings is 1. The molecule has 8 rings (SSSR count). The van der Waals surface area contributed by atoms with E-state index < -0.39 is 0 Å². The maximum Gasteiger partial charge on any atom is 0.271 e. The van der Waals surface area contributed by atoms with E-state index in [-0.39, 0.29) is 36.2 Å². The molecule has 0 spiro atoms. The third-order valence-electron chi connectivity index (χ3n) is 9.43. The van der Waals surface area contributed by atoms with Gasteiger partial charge in [0.1, 0.15) is 17.4 Å². The summed E-state index contributed by atoms with van der Waals surface area (Å²) in [5.74, 6) is 1.39. The first-order chi connectivity index (χ1) is 21.4. The number of carbonyl (C=O) groups excluding carboxylic acids is 2. The van der Waals surface area contributed by atoms with Gasteiger partial charge in [-0.15, -0.1) is 10.2 Å². The lowest BCUT2D eigenvalue weighted by Crippen LogP contribution is -2.49. The van der Waals surface area contributed by atoms with Crippen molar-refractivity contribution in [2.75, 3.05) is 5.73 Å². The van der Waals surface area contributed by atoms with Crippen molar-refractivity contribution < 1.29 is 9.59 Å². The van der Waals surface area contributed by atoms with Crippen LogP contribution >= 0.6 is 0 Å². The fourth-order valence-corrected chi connectivity index (χ4v) is 7.31. The molecule has 2 saturated heterocycles. The van der Waals surface area contributed by atoms with Gasteiger partial charge in [-0.3, -0.25) is 14.6 Å². The van der Waals surface area contributed by atoms with Gasteiger partial charge in [-0.1, -0.05) is 36.4 Å². The Morgan fingerprint density at radius 2 is 1.68 bits per heavy atom. The van der Waals surface area contributed by atoms with Crippen LogP contribution in [0.4, 0.5) is 5.82 Å². The molecule has 1 unspecified atom stereocenters. The number of hydrogen-bond acceptors (Lipinski definition) is 8. The van der Waals surface area contributed by atoms with E-state index in [0.717, 1.165) is 77.8 Å². The fraction of sp³-hybridized carbons (Fsp3) is 0.364. The molecule has 11 heteroatoms. The average molecular weight is 588 g/mol. The number of aromatic nitrogens is 4. The maximum absolute atomic E-state index is 13.6. The predicted octanol–water partition coefficient (Wildman–Crippen LogP) is 4.45. The summed E-state index contributed by atoms with van der Waals surface area (Å²) < 4.78 is 1.79. The molecule has 2 bridgehead atoms. The Balaban J connectivity index is 1.09. The lowest BCUT2D eigenvalue weighted by Gasteiger charge is -2.39. The first-order valence-electron chi connectivity index (χ1n) is 15.4. The van der Waals surface area contributed by atoms with E-state index in [4.69, 9.17) is 15.7 Å². The minimum Gasteiger partial charge on any atom is -0.383 e. The molecule has 4 aliphatic rings. The summed E-state index contributed by atoms with van der Waals surface area (Å²) >= 11 is 0. The first-order valence-corrected chi connectivity index (χ1v) is 15.4. The lowest BCUT2D eigenvalue weighted by atomic mass is 9.84. The van der Waals surface area contributed by atoms with Gasteiger partial charge in [-0.05, 0) is 50.5 Å². The summed E-state index contributed by atoms with van der Waals surface area (Å²) in [4.78, 5) is 37.1. The third-order valence-corrected chi connectivity index (χ3v) is 9.43. The van der Waals surface area contributed by atoms with Crippen LogP contribution in [0.1, 0.15) is 75.0 Å². The van der Waals surface area contributed by atoms with Crippen LogP contribution in [0.2, 0.25) is 0 Å². The number of benzene rings is 1. The third kappa shape index (κ3) is 4.54. The molecule has 0 radical (unpaired) electrons. The van der Waals surface area contributed by atoms with Crippen LogP contribution in [0.3, 0.4) is 0 Å². The summed E-state index contributed by atoms with van der Waals surface area (Å²) in [7, 11) is 0. The zero-order valence-electron chi connectivity index (χ0n) is 24.5. The van der Waals surface area contributed by atoms with Gasteiger partial charge >= 0.3 is 0 Å². The van der Waals surface area contributed by atoms with E-state index in [1.807, 2.05) is 41.6 Å². The molecule has 3 aliphatic heterocycles. The average Bonchev–Trinajstić information content (AvgIpc) is 3.50. The van der Waals surface area contributed by atoms with Crippen LogP contribution in [-0.2, 0) is 9.59 Å². The molecule has 1 aliphatic carbocycles. The van der Waals surface area contributed by atoms with Crippen molar-refractivity contribution in [2.45, 2.75) is 75.8 Å². The molecule has 3 N–H and O–H groups in total. The molecule has 1 aromatic carbocycles. The van der Waals surface area contributed by atoms with Crippen molar-refractivity contribution >= 4 is 34.8 Å². The largest absolute Gasteiger partial charge is 0.383 e. The smallest absolute Gasteiger partial charge is 0.271 e. The van der Waals surface area contributed by atoms with Crippen molar-refractivity contribution in [1.82, 2.24) is 29.8 Å². The summed E-state index contributed by atoms with van der Waals surface area (Å²) in [5, 5.41) is 15.5. The van der Waals surface area contributed by atoms with Gasteiger partial charge in [-0.2, -0.15) is 9.61 Å². The van der Waals surface area contributed by atoms with Crippen LogP contribution in [0.25, 0.3) is 28.0 Å². The van der Waals surface area contributed by atoms with Crippen molar-refractivity contribution in [3.63, 3.8) is 0 Å². The number of hydrogen-bond donors (Lipinski definition) is 2. The highest BCUT2D eigenvalue weighted by molar-refractivity contribution is 6.43. The van der Waals surface area contributed by atoms with Crippen LogP contribution in [-0.4, -0.2) is 59.9 Å². The van der Waals surface area contributed by atoms with Crippen molar-refractivity contribution in [3.8, 4) is 22.4 Å². The minimum atomic E-state index is -0.217. The summed E-state index contributed by atoms with van der Waals surface area (Å²) in [6.07, 6.45) is 9.73. The zero-order valence-corrected chi connectivity index (χ0v) is 24.5. The van der Waals surface area contributed by atoms with Gasteiger partial charge in [0.2, 0.25) is 5.91 Å². The Morgan fingerprint density at radius 3 is 2.36 bits per heavy atom. The molecule has 3 aromatic heterocycles. The number of rotatable bonds is 5. The number of amidine groups is 1. The second-order valence-corrected chi connectivity index (χ2v) is 12.4. The van der Waals surface area contributed by atoms with E-state index in [1.165, 1.54) is 6.92 Å². The second kappa shape index (κ2) is 10.4. The van der Waals surface area contributed by atoms with E-state index in [1.54, 1.807) is 4.52 Å². The Hall–Kier alpha value is -4.93. The molecular weight excluding hydrogens is 554 g/mol. The highest BCUT2D eigenvalue weighted by atomic mass is 16.2. The van der Waals surface area contributed by atoms with E-state index in [2.05, 4.69) is 38.8 Å². The quantitative estimate of drug-likeness (QED) is 0.353. The highest BCUT2D eigenvalue weighted by Gasteiger charge is 2.47. The maximum atomic E-state index is 13.6. The van der Waals surface area contributed by atoms with Gasteiger partial charge in [-0.25, -0.2) is 4.98 Å². The van der Waals surface area contributed by atoms with Crippen LogP contribution in [0.15, 0.2) is 65.1 Å². The van der Waals surface area contributed by atoms with Crippen LogP contribution in [0.5, 0.6) is 0 Å². The summed E-state index contributed by atoms with van der Waals surface area (Å²) in [5.41, 5.74) is 14.0. The topological polar surface area (TPSA) is 143 Å². The zero-order chi connectivity index (χ0) is 29.9. The van der Waals surface area contributed by atoms with Gasteiger partial charge in [0, 0.05) is 53.4 Å². The van der Waals surface area contributed by atoms with E-state index in [9.17, 15) is 9.59 Å². The molecule has 222 valence electrons. The highest BCUT2D eigenvalue weighted by Crippen LogP contribution is 2.50. The predicted molar refractivity (Wildman–Crippen MR) is 167 cm³/mol. The van der Waals surface area contributed by atoms with Gasteiger partial charge in [0.25, 0.3) is 5.91 Å². The Bertz CT molecular complexity index is 1840. The minimum absolute atomic E-state index is 0.0741. The summed E-state index contributed by atoms with van der Waals surface area (Å²) in [6.45, 7) is 1.42. The van der Waals surface area contributed by atoms with E-state index >= 15 is 0 Å². The Labute approximate surface area is 254 Å². The Morgan fingerprint density at radius 1 is 0.909 bits per heavy atom. The van der Waals surface area contributed by atoms with E-state index in [0.29, 0.717) is 23.3 Å². The number of fused-ring (bicyclic) bond motifs is 3. The summed E-state index contributed by atoms with van der Waals surface area (Å²) in [6, 6.07) is 14.4. The second-order valence-electron chi connectivity index (χ2n) is 12.4. The number of nitrogen functional groups attached to an aromatic ring is 1. The number of piperidine rings is 1. The fourth-order valence-electron chi connectivity index (χ4n) is 7.31. The molecule has 6 heterocycles. The molecule has 1 saturated carbocycles. The van der Waals surface area contributed by atoms with Gasteiger partial charge < -0.3 is 16.0 Å². The standard InChI is InChI=1S/C33H33N9O2/c1-18(43)37-28-15-27(39-40-28)33(44)41-23-10-11-24(41)14-22(13-23)30-29(20-7-8-20)31(34)42-32(38-30)25(17-36-42)21-9-12-26(35-16-21)19-5-3-2-4-6-19/h2-6,9,12,16-17,20,22-24H,7-8,10-11,13-15,34H2,1H3,(H,37,40,43)/t22?,23-,24+. The number of nitrogens with one attached hydrogen (secondary N) is 1. The van der Waals surface area contributed by atoms with Gasteiger partial charge in [0.05, 0.1) is 24.0 Å². The first kappa shape index (κ1) is 26.7. The number of nitrogens with two attached hydrogens (primary N) is 1. The number of amides is 2. The van der Waals surface area contributed by atoms with Crippen LogP contribution < -0.4 is 11.1 Å². The molecule has 2 amide bonds. The monoisotopic (exact) mass is 587 g/mol.